The maximum Gasteiger partial charge on any atom is 0.0866 e. The molecule has 2 N–H and O–H groups in total. The highest BCUT2D eigenvalue weighted by Crippen LogP contribution is 2.36. The van der Waals surface area contributed by atoms with Gasteiger partial charge in [-0.25, -0.2) is 0 Å². The van der Waals surface area contributed by atoms with Gasteiger partial charge in [0.25, 0.3) is 0 Å². The van der Waals surface area contributed by atoms with E-state index in [1.165, 1.54) is 51.5 Å². The summed E-state index contributed by atoms with van der Waals surface area (Å²) in [6.45, 7) is 3.72. The summed E-state index contributed by atoms with van der Waals surface area (Å²) >= 11 is 6.27. The number of rotatable bonds is 10. The van der Waals surface area contributed by atoms with Crippen molar-refractivity contribution in [1.29, 1.82) is 0 Å². The summed E-state index contributed by atoms with van der Waals surface area (Å²) in [6.07, 6.45) is 10.7. The predicted octanol–water partition coefficient (Wildman–Crippen LogP) is 4.66. The minimum Gasteiger partial charge on any atom is -0.394 e. The molecule has 3 rings (SSSR count). The number of likely N-dealkylation sites (N-methyl/N-ethyl adjacent to an activating group) is 1. The smallest absolute Gasteiger partial charge is 0.0866 e. The number of piperidine rings is 1. The maximum atomic E-state index is 9.34. The molecule has 1 aliphatic heterocycles. The molecule has 164 valence electrons. The molecule has 1 aromatic carbocycles. The van der Waals surface area contributed by atoms with Gasteiger partial charge in [0.1, 0.15) is 0 Å². The van der Waals surface area contributed by atoms with Crippen molar-refractivity contribution in [1.82, 2.24) is 10.2 Å². The Morgan fingerprint density at radius 2 is 2.03 bits per heavy atom. The maximum absolute atomic E-state index is 9.34. The van der Waals surface area contributed by atoms with E-state index in [1.807, 2.05) is 18.2 Å². The molecule has 1 aromatic rings. The zero-order valence-corrected chi connectivity index (χ0v) is 18.7. The molecule has 0 bridgehead atoms. The number of hydrogen-bond acceptors (Lipinski definition) is 4. The molecule has 2 fully saturated rings. The fourth-order valence-corrected chi connectivity index (χ4v) is 5.59. The van der Waals surface area contributed by atoms with Crippen LogP contribution in [-0.2, 0) is 4.74 Å². The zero-order valence-electron chi connectivity index (χ0n) is 18.0. The van der Waals surface area contributed by atoms with Crippen LogP contribution in [0.1, 0.15) is 63.0 Å². The summed E-state index contributed by atoms with van der Waals surface area (Å²) < 4.78 is 6.16. The van der Waals surface area contributed by atoms with Gasteiger partial charge in [0.2, 0.25) is 0 Å². The third kappa shape index (κ3) is 6.93. The highest BCUT2D eigenvalue weighted by Gasteiger charge is 2.33. The fourth-order valence-electron chi connectivity index (χ4n) is 5.39. The summed E-state index contributed by atoms with van der Waals surface area (Å²) in [5.41, 5.74) is 1.13. The van der Waals surface area contributed by atoms with Gasteiger partial charge in [0, 0.05) is 30.1 Å². The van der Waals surface area contributed by atoms with E-state index in [4.69, 9.17) is 16.3 Å². The van der Waals surface area contributed by atoms with E-state index in [-0.39, 0.29) is 12.7 Å². The molecule has 0 aromatic heterocycles. The Labute approximate surface area is 182 Å². The molecule has 5 heteroatoms. The third-order valence-electron chi connectivity index (χ3n) is 6.77. The van der Waals surface area contributed by atoms with E-state index >= 15 is 0 Å². The van der Waals surface area contributed by atoms with Crippen molar-refractivity contribution in [3.05, 3.63) is 34.9 Å². The third-order valence-corrected chi connectivity index (χ3v) is 7.00. The molecule has 29 heavy (non-hydrogen) atoms. The molecule has 0 spiro atoms. The number of benzene rings is 1. The SMILES string of the molecule is CNC[C@H](CC1CCCCC1)N1CCC[C@@H]([C@@H](OCCO)c2cccc(Cl)c2)C1. The predicted molar refractivity (Wildman–Crippen MR) is 120 cm³/mol. The van der Waals surface area contributed by atoms with Crippen LogP contribution in [0.2, 0.25) is 5.02 Å². The van der Waals surface area contributed by atoms with Crippen LogP contribution in [-0.4, -0.2) is 55.9 Å². The molecule has 1 saturated carbocycles. The number of aliphatic hydroxyl groups excluding tert-OH is 1. The minimum atomic E-state index is -0.00596. The number of halogens is 1. The van der Waals surface area contributed by atoms with E-state index in [1.54, 1.807) is 0 Å². The van der Waals surface area contributed by atoms with E-state index in [9.17, 15) is 5.11 Å². The van der Waals surface area contributed by atoms with Gasteiger partial charge in [0.15, 0.2) is 0 Å². The summed E-state index contributed by atoms with van der Waals surface area (Å²) in [6, 6.07) is 8.65. The minimum absolute atomic E-state index is 0.00596. The lowest BCUT2D eigenvalue weighted by atomic mass is 9.83. The molecule has 1 aliphatic carbocycles. The quantitative estimate of drug-likeness (QED) is 0.575. The van der Waals surface area contributed by atoms with E-state index in [0.29, 0.717) is 18.6 Å². The molecule has 0 radical (unpaired) electrons. The number of likely N-dealkylation sites (tertiary alicyclic amines) is 1. The molecule has 4 nitrogen and oxygen atoms in total. The summed E-state index contributed by atoms with van der Waals surface area (Å²) in [5.74, 6) is 1.32. The highest BCUT2D eigenvalue weighted by molar-refractivity contribution is 6.30. The average molecular weight is 423 g/mol. The Morgan fingerprint density at radius 3 is 2.76 bits per heavy atom. The Bertz CT molecular complexity index is 594. The highest BCUT2D eigenvalue weighted by atomic mass is 35.5. The van der Waals surface area contributed by atoms with Crippen LogP contribution in [0.5, 0.6) is 0 Å². The second-order valence-corrected chi connectivity index (χ2v) is 9.35. The molecule has 2 aliphatic rings. The van der Waals surface area contributed by atoms with Crippen LogP contribution in [0.4, 0.5) is 0 Å². The Hall–Kier alpha value is -0.650. The molecule has 0 unspecified atom stereocenters. The van der Waals surface area contributed by atoms with Gasteiger partial charge in [0.05, 0.1) is 19.3 Å². The summed E-state index contributed by atoms with van der Waals surface area (Å²) in [5, 5.41) is 13.5. The van der Waals surface area contributed by atoms with Crippen molar-refractivity contribution < 1.29 is 9.84 Å². The van der Waals surface area contributed by atoms with Gasteiger partial charge in [-0.2, -0.15) is 0 Å². The van der Waals surface area contributed by atoms with E-state index in [0.717, 1.165) is 36.0 Å². The lowest BCUT2D eigenvalue weighted by Gasteiger charge is -2.42. The Balaban J connectivity index is 1.69. The number of hydrogen-bond donors (Lipinski definition) is 2. The summed E-state index contributed by atoms with van der Waals surface area (Å²) in [7, 11) is 2.08. The molecule has 1 heterocycles. The number of ether oxygens (including phenoxy) is 1. The molecule has 1 saturated heterocycles. The second-order valence-electron chi connectivity index (χ2n) is 8.92. The van der Waals surface area contributed by atoms with Crippen LogP contribution in [0.15, 0.2) is 24.3 Å². The average Bonchev–Trinajstić information content (AvgIpc) is 2.75. The zero-order chi connectivity index (χ0) is 20.5. The lowest BCUT2D eigenvalue weighted by molar-refractivity contribution is -0.0359. The van der Waals surface area contributed by atoms with Crippen molar-refractivity contribution in [3.8, 4) is 0 Å². The van der Waals surface area contributed by atoms with E-state index < -0.39 is 0 Å². The normalized spacial score (nSPS) is 23.8. The number of nitrogens with zero attached hydrogens (tertiary/aromatic N) is 1. The van der Waals surface area contributed by atoms with Crippen molar-refractivity contribution in [3.63, 3.8) is 0 Å². The molecular weight excluding hydrogens is 384 g/mol. The molecule has 0 amide bonds. The van der Waals surface area contributed by atoms with Gasteiger partial charge in [-0.05, 0) is 56.5 Å². The van der Waals surface area contributed by atoms with Crippen molar-refractivity contribution in [2.24, 2.45) is 11.8 Å². The van der Waals surface area contributed by atoms with Crippen LogP contribution in [0.3, 0.4) is 0 Å². The van der Waals surface area contributed by atoms with Crippen LogP contribution in [0.25, 0.3) is 0 Å². The number of nitrogens with one attached hydrogen (secondary N) is 1. The van der Waals surface area contributed by atoms with Gasteiger partial charge >= 0.3 is 0 Å². The van der Waals surface area contributed by atoms with Crippen molar-refractivity contribution in [2.45, 2.75) is 63.5 Å². The van der Waals surface area contributed by atoms with Gasteiger partial charge in [-0.3, -0.25) is 4.90 Å². The Morgan fingerprint density at radius 1 is 1.21 bits per heavy atom. The van der Waals surface area contributed by atoms with Crippen LogP contribution < -0.4 is 5.32 Å². The van der Waals surface area contributed by atoms with Crippen molar-refractivity contribution >= 4 is 11.6 Å². The second kappa shape index (κ2) is 12.3. The van der Waals surface area contributed by atoms with Crippen LogP contribution in [0, 0.1) is 11.8 Å². The topological polar surface area (TPSA) is 44.7 Å². The lowest BCUT2D eigenvalue weighted by Crippen LogP contribution is -2.48. The largest absolute Gasteiger partial charge is 0.394 e. The van der Waals surface area contributed by atoms with Gasteiger partial charge < -0.3 is 15.2 Å². The first-order valence-electron chi connectivity index (χ1n) is 11.6. The first-order chi connectivity index (χ1) is 14.2. The fraction of sp³-hybridized carbons (Fsp3) is 0.750. The van der Waals surface area contributed by atoms with Crippen molar-refractivity contribution in [2.75, 3.05) is 39.9 Å². The van der Waals surface area contributed by atoms with Crippen LogP contribution >= 0.6 is 11.6 Å². The molecule has 3 atom stereocenters. The van der Waals surface area contributed by atoms with Gasteiger partial charge in [-0.1, -0.05) is 55.8 Å². The first kappa shape index (κ1) is 23.0. The monoisotopic (exact) mass is 422 g/mol. The molecular formula is C24H39ClN2O2. The standard InChI is InChI=1S/C24H39ClN2O2/c1-26-17-23(15-19-7-3-2-4-8-19)27-12-6-10-21(18-27)24(29-14-13-28)20-9-5-11-22(25)16-20/h5,9,11,16,19,21,23-24,26,28H,2-4,6-8,10,12-15,17-18H2,1H3/t21-,23+,24+/m1/s1. The van der Waals surface area contributed by atoms with E-state index in [2.05, 4.69) is 23.3 Å². The van der Waals surface area contributed by atoms with Gasteiger partial charge in [-0.15, -0.1) is 0 Å². The Kier molecular flexibility index (Phi) is 9.74. The summed E-state index contributed by atoms with van der Waals surface area (Å²) in [4.78, 5) is 2.71. The first-order valence-corrected chi connectivity index (χ1v) is 12.0. The number of aliphatic hydroxyl groups is 1.